The molecule has 2 aromatic carbocycles. The third-order valence-corrected chi connectivity index (χ3v) is 3.12. The first-order valence-electron chi connectivity index (χ1n) is 6.79. The molecule has 0 saturated carbocycles. The fraction of sp³-hybridized carbons (Fsp3) is 0. The van der Waals surface area contributed by atoms with Gasteiger partial charge in [-0.3, -0.25) is 4.79 Å². The Morgan fingerprint density at radius 2 is 1.52 bits per heavy atom. The van der Waals surface area contributed by atoms with Crippen molar-refractivity contribution in [1.29, 1.82) is 0 Å². The van der Waals surface area contributed by atoms with E-state index in [1.807, 2.05) is 0 Å². The van der Waals surface area contributed by atoms with E-state index in [0.717, 1.165) is 0 Å². The third-order valence-electron chi connectivity index (χ3n) is 3.12. The van der Waals surface area contributed by atoms with Crippen LogP contribution < -0.4 is 10.6 Å². The number of amides is 1. The van der Waals surface area contributed by atoms with E-state index in [1.54, 1.807) is 36.4 Å². The summed E-state index contributed by atoms with van der Waals surface area (Å²) in [6.07, 6.45) is 1.41. The molecule has 3 aromatic rings. The molecule has 4 nitrogen and oxygen atoms in total. The monoisotopic (exact) mass is 314 g/mol. The van der Waals surface area contributed by atoms with Crippen LogP contribution in [0, 0.1) is 11.6 Å². The number of hydrogen-bond acceptors (Lipinski definition) is 3. The Morgan fingerprint density at radius 3 is 2.13 bits per heavy atom. The molecular formula is C17H12F2N2O2. The molecule has 0 aliphatic rings. The highest BCUT2D eigenvalue weighted by Crippen LogP contribution is 2.24. The van der Waals surface area contributed by atoms with Crippen molar-refractivity contribution in [2.24, 2.45) is 0 Å². The van der Waals surface area contributed by atoms with Crippen LogP contribution in [-0.4, -0.2) is 5.91 Å². The zero-order valence-electron chi connectivity index (χ0n) is 11.8. The van der Waals surface area contributed by atoms with Crippen molar-refractivity contribution in [3.63, 3.8) is 0 Å². The van der Waals surface area contributed by atoms with Gasteiger partial charge in [0, 0.05) is 11.4 Å². The van der Waals surface area contributed by atoms with Gasteiger partial charge < -0.3 is 15.1 Å². The van der Waals surface area contributed by atoms with E-state index in [9.17, 15) is 13.6 Å². The molecule has 0 unspecified atom stereocenters. The van der Waals surface area contributed by atoms with Crippen molar-refractivity contribution >= 4 is 23.0 Å². The van der Waals surface area contributed by atoms with Gasteiger partial charge in [-0.15, -0.1) is 0 Å². The van der Waals surface area contributed by atoms with Gasteiger partial charge in [0.1, 0.15) is 17.3 Å². The van der Waals surface area contributed by atoms with Crippen LogP contribution >= 0.6 is 0 Å². The van der Waals surface area contributed by atoms with Gasteiger partial charge in [-0.05, 0) is 48.5 Å². The summed E-state index contributed by atoms with van der Waals surface area (Å²) in [5, 5.41) is 5.32. The van der Waals surface area contributed by atoms with Crippen molar-refractivity contribution in [2.75, 3.05) is 10.6 Å². The summed E-state index contributed by atoms with van der Waals surface area (Å²) in [7, 11) is 0. The number of rotatable bonds is 4. The molecule has 0 saturated heterocycles. The molecule has 0 radical (unpaired) electrons. The van der Waals surface area contributed by atoms with Crippen LogP contribution in [-0.2, 0) is 0 Å². The molecule has 0 bridgehead atoms. The highest BCUT2D eigenvalue weighted by Gasteiger charge is 2.10. The summed E-state index contributed by atoms with van der Waals surface area (Å²) in [5.74, 6) is -1.54. The minimum Gasteiger partial charge on any atom is -0.459 e. The average Bonchev–Trinajstić information content (AvgIpc) is 3.07. The van der Waals surface area contributed by atoms with E-state index in [4.69, 9.17) is 4.42 Å². The summed E-state index contributed by atoms with van der Waals surface area (Å²) in [6, 6.07) is 13.2. The largest absolute Gasteiger partial charge is 0.459 e. The summed E-state index contributed by atoms with van der Waals surface area (Å²) in [4.78, 5) is 11.8. The maximum absolute atomic E-state index is 13.6. The van der Waals surface area contributed by atoms with E-state index in [-0.39, 0.29) is 17.4 Å². The van der Waals surface area contributed by atoms with Gasteiger partial charge in [-0.1, -0.05) is 6.07 Å². The minimum atomic E-state index is -0.680. The van der Waals surface area contributed by atoms with Gasteiger partial charge in [-0.2, -0.15) is 0 Å². The molecule has 0 fully saturated rings. The third kappa shape index (κ3) is 3.37. The quantitative estimate of drug-likeness (QED) is 0.742. The molecule has 1 heterocycles. The molecule has 1 amide bonds. The first-order chi connectivity index (χ1) is 11.1. The topological polar surface area (TPSA) is 54.3 Å². The first-order valence-corrected chi connectivity index (χ1v) is 6.79. The molecule has 2 N–H and O–H groups in total. The first kappa shape index (κ1) is 14.8. The van der Waals surface area contributed by atoms with Crippen molar-refractivity contribution in [2.45, 2.75) is 0 Å². The van der Waals surface area contributed by atoms with E-state index < -0.39 is 11.6 Å². The smallest absolute Gasteiger partial charge is 0.291 e. The zero-order valence-corrected chi connectivity index (χ0v) is 11.8. The molecule has 0 atom stereocenters. The Labute approximate surface area is 130 Å². The van der Waals surface area contributed by atoms with E-state index in [0.29, 0.717) is 11.4 Å². The van der Waals surface area contributed by atoms with Crippen molar-refractivity contribution in [3.05, 3.63) is 78.3 Å². The normalized spacial score (nSPS) is 10.3. The van der Waals surface area contributed by atoms with Crippen LogP contribution in [0.1, 0.15) is 10.6 Å². The fourth-order valence-corrected chi connectivity index (χ4v) is 2.00. The summed E-state index contributed by atoms with van der Waals surface area (Å²) >= 11 is 0. The lowest BCUT2D eigenvalue weighted by Crippen LogP contribution is -2.10. The Kier molecular flexibility index (Phi) is 4.05. The molecule has 0 aliphatic carbocycles. The van der Waals surface area contributed by atoms with Gasteiger partial charge in [0.2, 0.25) is 0 Å². The molecule has 0 spiro atoms. The van der Waals surface area contributed by atoms with Crippen molar-refractivity contribution < 1.29 is 18.0 Å². The number of halogens is 2. The molecule has 0 aliphatic heterocycles. The van der Waals surface area contributed by atoms with E-state index in [1.165, 1.54) is 24.5 Å². The highest BCUT2D eigenvalue weighted by atomic mass is 19.1. The summed E-state index contributed by atoms with van der Waals surface area (Å²) in [6.45, 7) is 0. The van der Waals surface area contributed by atoms with E-state index in [2.05, 4.69) is 10.6 Å². The standard InChI is InChI=1S/C17H12F2N2O2/c18-13-3-1-4-14(19)16(13)20-11-6-8-12(9-7-11)21-17(22)15-5-2-10-23-15/h1-10,20H,(H,21,22). The Hall–Kier alpha value is -3.15. The lowest BCUT2D eigenvalue weighted by atomic mass is 10.2. The van der Waals surface area contributed by atoms with Crippen LogP contribution in [0.2, 0.25) is 0 Å². The second-order valence-corrected chi connectivity index (χ2v) is 4.73. The number of anilines is 3. The number of nitrogens with one attached hydrogen (secondary N) is 2. The summed E-state index contributed by atoms with van der Waals surface area (Å²) in [5.41, 5.74) is 0.802. The number of carbonyl (C=O) groups excluding carboxylic acids is 1. The molecule has 1 aromatic heterocycles. The van der Waals surface area contributed by atoms with Crippen LogP contribution in [0.5, 0.6) is 0 Å². The number of para-hydroxylation sites is 1. The van der Waals surface area contributed by atoms with Gasteiger partial charge in [0.25, 0.3) is 5.91 Å². The average molecular weight is 314 g/mol. The maximum atomic E-state index is 13.6. The zero-order chi connectivity index (χ0) is 16.2. The van der Waals surface area contributed by atoms with Crippen LogP contribution in [0.4, 0.5) is 25.8 Å². The van der Waals surface area contributed by atoms with E-state index >= 15 is 0 Å². The Morgan fingerprint density at radius 1 is 0.870 bits per heavy atom. The lowest BCUT2D eigenvalue weighted by molar-refractivity contribution is 0.0996. The molecule has 23 heavy (non-hydrogen) atoms. The fourth-order valence-electron chi connectivity index (χ4n) is 2.00. The van der Waals surface area contributed by atoms with Crippen molar-refractivity contribution in [3.8, 4) is 0 Å². The Balaban J connectivity index is 1.71. The van der Waals surface area contributed by atoms with Gasteiger partial charge in [0.15, 0.2) is 5.76 Å². The maximum Gasteiger partial charge on any atom is 0.291 e. The second kappa shape index (κ2) is 6.31. The van der Waals surface area contributed by atoms with Crippen molar-refractivity contribution in [1.82, 2.24) is 0 Å². The number of carbonyl (C=O) groups is 1. The van der Waals surface area contributed by atoms with Gasteiger partial charge in [0.05, 0.1) is 6.26 Å². The van der Waals surface area contributed by atoms with Crippen LogP contribution in [0.3, 0.4) is 0 Å². The van der Waals surface area contributed by atoms with Crippen LogP contribution in [0.25, 0.3) is 0 Å². The molecule has 3 rings (SSSR count). The van der Waals surface area contributed by atoms with Gasteiger partial charge in [-0.25, -0.2) is 8.78 Å². The second-order valence-electron chi connectivity index (χ2n) is 4.73. The molecule has 116 valence electrons. The number of hydrogen-bond donors (Lipinski definition) is 2. The SMILES string of the molecule is O=C(Nc1ccc(Nc2c(F)cccc2F)cc1)c1ccco1. The predicted molar refractivity (Wildman–Crippen MR) is 82.7 cm³/mol. The molecule has 6 heteroatoms. The highest BCUT2D eigenvalue weighted by molar-refractivity contribution is 6.02. The summed E-state index contributed by atoms with van der Waals surface area (Å²) < 4.78 is 32.1. The number of furan rings is 1. The number of benzene rings is 2. The Bertz CT molecular complexity index is 795. The lowest BCUT2D eigenvalue weighted by Gasteiger charge is -2.09. The minimum absolute atomic E-state index is 0.195. The van der Waals surface area contributed by atoms with Crippen LogP contribution in [0.15, 0.2) is 65.3 Å². The van der Waals surface area contributed by atoms with Gasteiger partial charge >= 0.3 is 0 Å². The molecular weight excluding hydrogens is 302 g/mol. The predicted octanol–water partition coefficient (Wildman–Crippen LogP) is 4.55.